The largest absolute Gasteiger partial charge is 0.297 e. The molecule has 0 aliphatic heterocycles. The maximum atomic E-state index is 10.4. The zero-order valence-corrected chi connectivity index (χ0v) is 10.8. The van der Waals surface area contributed by atoms with Crippen molar-refractivity contribution < 1.29 is 4.79 Å². The number of alkyl halides is 2. The second-order valence-electron chi connectivity index (χ2n) is 2.40. The highest BCUT2D eigenvalue weighted by molar-refractivity contribution is 7.22. The molecule has 0 aliphatic rings. The number of carbonyl (C=O) groups excluding carboxylic acids is 1. The van der Waals surface area contributed by atoms with Crippen LogP contribution in [0.3, 0.4) is 0 Å². The first kappa shape index (κ1) is 12.7. The topological polar surface area (TPSA) is 17.1 Å². The Kier molecular flexibility index (Phi) is 5.95. The van der Waals surface area contributed by atoms with Crippen LogP contribution in [0.15, 0.2) is 29.6 Å². The van der Waals surface area contributed by atoms with E-state index in [1.807, 2.05) is 23.6 Å². The average molecular weight is 279 g/mol. The van der Waals surface area contributed by atoms with Gasteiger partial charge in [0.15, 0.2) is 6.29 Å². The summed E-state index contributed by atoms with van der Waals surface area (Å²) in [6.45, 7) is 0. The molecule has 2 aromatic heterocycles. The fourth-order valence-electron chi connectivity index (χ4n) is 0.967. The van der Waals surface area contributed by atoms with Crippen LogP contribution in [0.25, 0.3) is 9.75 Å². The summed E-state index contributed by atoms with van der Waals surface area (Å²) >= 11 is 12.8. The summed E-state index contributed by atoms with van der Waals surface area (Å²) in [7, 11) is 0. The van der Waals surface area contributed by atoms with Gasteiger partial charge in [-0.05, 0) is 23.6 Å². The van der Waals surface area contributed by atoms with Crippen LogP contribution in [0.2, 0.25) is 0 Å². The predicted molar refractivity (Wildman–Crippen MR) is 69.6 cm³/mol. The third kappa shape index (κ3) is 3.95. The molecule has 0 amide bonds. The molecule has 0 bridgehead atoms. The highest BCUT2D eigenvalue weighted by Crippen LogP contribution is 2.30. The van der Waals surface area contributed by atoms with E-state index in [2.05, 4.69) is 6.07 Å². The Bertz CT molecular complexity index is 395. The molecular weight excluding hydrogens is 271 g/mol. The van der Waals surface area contributed by atoms with Crippen molar-refractivity contribution in [2.75, 3.05) is 5.34 Å². The molecule has 0 unspecified atom stereocenters. The van der Waals surface area contributed by atoms with Gasteiger partial charge in [0.1, 0.15) is 0 Å². The molecule has 15 heavy (non-hydrogen) atoms. The number of rotatable bonds is 2. The summed E-state index contributed by atoms with van der Waals surface area (Å²) in [5.74, 6) is 0. The van der Waals surface area contributed by atoms with E-state index in [0.29, 0.717) is 0 Å². The minimum Gasteiger partial charge on any atom is -0.297 e. The van der Waals surface area contributed by atoms with Crippen molar-refractivity contribution >= 4 is 52.2 Å². The average Bonchev–Trinajstić information content (AvgIpc) is 2.90. The van der Waals surface area contributed by atoms with Crippen molar-refractivity contribution in [2.45, 2.75) is 0 Å². The number of carbonyl (C=O) groups is 1. The zero-order chi connectivity index (χ0) is 11.1. The molecule has 0 saturated heterocycles. The smallest absolute Gasteiger partial charge is 0.160 e. The molecule has 2 heterocycles. The van der Waals surface area contributed by atoms with Gasteiger partial charge in [0.05, 0.1) is 10.2 Å². The summed E-state index contributed by atoms with van der Waals surface area (Å²) in [4.78, 5) is 13.6. The first-order chi connectivity index (χ1) is 7.31. The first-order valence-electron chi connectivity index (χ1n) is 4.02. The Morgan fingerprint density at radius 2 is 1.93 bits per heavy atom. The second-order valence-corrected chi connectivity index (χ2v) is 5.27. The van der Waals surface area contributed by atoms with Gasteiger partial charge in [0, 0.05) is 9.75 Å². The lowest BCUT2D eigenvalue weighted by Gasteiger charge is -1.85. The van der Waals surface area contributed by atoms with Gasteiger partial charge in [-0.2, -0.15) is 0 Å². The standard InChI is InChI=1S/C9H6OS2.CH2Cl2/c10-6-7-3-4-9(12-7)8-2-1-5-11-8;2-1-3/h1-6H;1H2. The van der Waals surface area contributed by atoms with Crippen molar-refractivity contribution in [3.63, 3.8) is 0 Å². The molecule has 0 atom stereocenters. The number of aldehydes is 1. The Labute approximate surface area is 106 Å². The third-order valence-electron chi connectivity index (χ3n) is 1.51. The predicted octanol–water partition coefficient (Wildman–Crippen LogP) is 4.71. The number of hydrogen-bond acceptors (Lipinski definition) is 3. The van der Waals surface area contributed by atoms with Gasteiger partial charge in [0.25, 0.3) is 0 Å². The van der Waals surface area contributed by atoms with Gasteiger partial charge >= 0.3 is 0 Å². The van der Waals surface area contributed by atoms with E-state index >= 15 is 0 Å². The van der Waals surface area contributed by atoms with Gasteiger partial charge in [-0.3, -0.25) is 4.79 Å². The first-order valence-corrected chi connectivity index (χ1v) is 6.79. The van der Waals surface area contributed by atoms with Crippen LogP contribution in [-0.4, -0.2) is 11.6 Å². The Morgan fingerprint density at radius 1 is 1.20 bits per heavy atom. The van der Waals surface area contributed by atoms with Crippen LogP contribution in [0.5, 0.6) is 0 Å². The summed E-state index contributed by atoms with van der Waals surface area (Å²) in [5, 5.41) is 2.23. The van der Waals surface area contributed by atoms with Crippen LogP contribution < -0.4 is 0 Å². The Morgan fingerprint density at radius 3 is 2.40 bits per heavy atom. The summed E-state index contributed by atoms with van der Waals surface area (Å²) < 4.78 is 0. The highest BCUT2D eigenvalue weighted by atomic mass is 35.5. The van der Waals surface area contributed by atoms with Gasteiger partial charge in [-0.15, -0.1) is 45.9 Å². The molecule has 0 fully saturated rings. The molecular formula is C10H8Cl2OS2. The summed E-state index contributed by atoms with van der Waals surface area (Å²) in [5.41, 5.74) is 0. The minimum atomic E-state index is 0.194. The highest BCUT2D eigenvalue weighted by Gasteiger charge is 2.01. The molecule has 0 saturated carbocycles. The second kappa shape index (κ2) is 7.01. The van der Waals surface area contributed by atoms with Crippen LogP contribution in [0.1, 0.15) is 9.67 Å². The van der Waals surface area contributed by atoms with Crippen LogP contribution in [0.4, 0.5) is 0 Å². The van der Waals surface area contributed by atoms with Crippen LogP contribution in [0, 0.1) is 0 Å². The molecule has 0 N–H and O–H groups in total. The molecule has 0 radical (unpaired) electrons. The van der Waals surface area contributed by atoms with E-state index < -0.39 is 0 Å². The van der Waals surface area contributed by atoms with Gasteiger partial charge < -0.3 is 0 Å². The van der Waals surface area contributed by atoms with Crippen molar-refractivity contribution in [2.24, 2.45) is 0 Å². The number of halogens is 2. The maximum Gasteiger partial charge on any atom is 0.160 e. The third-order valence-corrected chi connectivity index (χ3v) is 3.58. The molecule has 1 nitrogen and oxygen atoms in total. The van der Waals surface area contributed by atoms with E-state index in [9.17, 15) is 4.79 Å². The SMILES string of the molecule is ClCCl.O=Cc1ccc(-c2cccs2)s1. The van der Waals surface area contributed by atoms with Gasteiger partial charge in [-0.25, -0.2) is 0 Å². The molecule has 2 aromatic rings. The monoisotopic (exact) mass is 278 g/mol. The number of thiophene rings is 2. The molecule has 0 spiro atoms. The molecule has 80 valence electrons. The molecule has 5 heteroatoms. The van der Waals surface area contributed by atoms with E-state index in [1.54, 1.807) is 11.3 Å². The van der Waals surface area contributed by atoms with E-state index in [1.165, 1.54) is 21.1 Å². The fourth-order valence-corrected chi connectivity index (χ4v) is 2.62. The molecule has 0 aliphatic carbocycles. The van der Waals surface area contributed by atoms with Crippen molar-refractivity contribution in [3.05, 3.63) is 34.5 Å². The van der Waals surface area contributed by atoms with Gasteiger partial charge in [0.2, 0.25) is 0 Å². The lowest BCUT2D eigenvalue weighted by molar-refractivity contribution is 0.112. The van der Waals surface area contributed by atoms with Crippen LogP contribution in [-0.2, 0) is 0 Å². The zero-order valence-electron chi connectivity index (χ0n) is 7.65. The van der Waals surface area contributed by atoms with Crippen molar-refractivity contribution in [1.29, 1.82) is 0 Å². The van der Waals surface area contributed by atoms with Crippen molar-refractivity contribution in [1.82, 2.24) is 0 Å². The van der Waals surface area contributed by atoms with Crippen molar-refractivity contribution in [3.8, 4) is 9.75 Å². The normalized spacial score (nSPS) is 9.20. The molecule has 0 aromatic carbocycles. The molecule has 2 rings (SSSR count). The Balaban J connectivity index is 0.000000337. The van der Waals surface area contributed by atoms with Crippen LogP contribution >= 0.6 is 45.9 Å². The fraction of sp³-hybridized carbons (Fsp3) is 0.100. The summed E-state index contributed by atoms with van der Waals surface area (Å²) in [6.07, 6.45) is 0.891. The Hall–Kier alpha value is -0.350. The quantitative estimate of drug-likeness (QED) is 0.574. The lowest BCUT2D eigenvalue weighted by Crippen LogP contribution is -1.62. The van der Waals surface area contributed by atoms with Gasteiger partial charge in [-0.1, -0.05) is 6.07 Å². The maximum absolute atomic E-state index is 10.4. The summed E-state index contributed by atoms with van der Waals surface area (Å²) in [6, 6.07) is 7.92. The minimum absolute atomic E-state index is 0.194. The van der Waals surface area contributed by atoms with E-state index in [-0.39, 0.29) is 5.34 Å². The van der Waals surface area contributed by atoms with E-state index in [0.717, 1.165) is 11.2 Å². The lowest BCUT2D eigenvalue weighted by atomic mass is 10.4. The number of hydrogen-bond donors (Lipinski definition) is 0. The van der Waals surface area contributed by atoms with E-state index in [4.69, 9.17) is 23.2 Å².